The van der Waals surface area contributed by atoms with E-state index in [2.05, 4.69) is 0 Å². The van der Waals surface area contributed by atoms with Gasteiger partial charge in [-0.15, -0.1) is 0 Å². The Balaban J connectivity index is 0.000000612. The second-order valence-electron chi connectivity index (χ2n) is 4.12. The van der Waals surface area contributed by atoms with Gasteiger partial charge in [-0.25, -0.2) is 4.21 Å². The first-order valence-corrected chi connectivity index (χ1v) is 7.36. The maximum absolute atomic E-state index is 11.8. The lowest BCUT2D eigenvalue weighted by atomic mass is 10.2. The third-order valence-electron chi connectivity index (χ3n) is 2.46. The first kappa shape index (κ1) is 16.8. The lowest BCUT2D eigenvalue weighted by Crippen LogP contribution is -2.32. The number of hydrogen-bond donors (Lipinski definition) is 0. The largest absolute Gasteiger partial charge is 0.376 e. The lowest BCUT2D eigenvalue weighted by molar-refractivity contribution is -0.1000. The van der Waals surface area contributed by atoms with Crippen LogP contribution in [0.2, 0.25) is 0 Å². The van der Waals surface area contributed by atoms with Crippen LogP contribution in [0.4, 0.5) is 0 Å². The minimum absolute atomic E-state index is 0.113. The van der Waals surface area contributed by atoms with Crippen molar-refractivity contribution in [3.63, 3.8) is 0 Å². The van der Waals surface area contributed by atoms with Gasteiger partial charge in [0.2, 0.25) is 0 Å². The number of hydrogen-bond acceptors (Lipinski definition) is 5. The molecule has 2 unspecified atom stereocenters. The normalized spacial score (nSPS) is 19.4. The fraction of sp³-hybridized carbons (Fsp3) is 0.500. The fourth-order valence-electron chi connectivity index (χ4n) is 1.49. The molecule has 0 amide bonds. The smallest absolute Gasteiger partial charge is 0.189 e. The molecule has 1 aromatic rings. The van der Waals surface area contributed by atoms with Crippen LogP contribution < -0.4 is 0 Å². The van der Waals surface area contributed by atoms with Gasteiger partial charge in [-0.05, 0) is 19.1 Å². The van der Waals surface area contributed by atoms with Crippen LogP contribution in [-0.4, -0.2) is 36.7 Å². The van der Waals surface area contributed by atoms with Crippen LogP contribution in [0.15, 0.2) is 29.2 Å². The van der Waals surface area contributed by atoms with Gasteiger partial charge in [-0.2, -0.15) is 5.26 Å². The number of ether oxygens (including phenoxy) is 2. The maximum Gasteiger partial charge on any atom is 0.189 e. The van der Waals surface area contributed by atoms with Crippen molar-refractivity contribution < 1.29 is 17.9 Å². The molecule has 1 heterocycles. The summed E-state index contributed by atoms with van der Waals surface area (Å²) in [5.41, 5.74) is 1.13. The monoisotopic (exact) mass is 297 g/mol. The van der Waals surface area contributed by atoms with E-state index in [0.29, 0.717) is 31.3 Å². The maximum atomic E-state index is 11.8. The zero-order chi connectivity index (χ0) is 14.8. The molecular formula is C14H19NO4S. The molecule has 0 aromatic heterocycles. The highest BCUT2D eigenvalue weighted by Crippen LogP contribution is 2.10. The van der Waals surface area contributed by atoms with E-state index in [1.165, 1.54) is 6.92 Å². The van der Waals surface area contributed by atoms with Crippen LogP contribution >= 0.6 is 0 Å². The zero-order valence-electron chi connectivity index (χ0n) is 11.7. The number of nitrogens with zero attached hydrogens (tertiary/aromatic N) is 1. The Labute approximate surface area is 122 Å². The van der Waals surface area contributed by atoms with Gasteiger partial charge in [0, 0.05) is 6.92 Å². The van der Waals surface area contributed by atoms with E-state index in [0.717, 1.165) is 5.56 Å². The Morgan fingerprint density at radius 2 is 2.05 bits per heavy atom. The second-order valence-corrected chi connectivity index (χ2v) is 5.30. The highest BCUT2D eigenvalue weighted by Gasteiger charge is 2.16. The molecule has 1 saturated heterocycles. The topological polar surface area (TPSA) is 68.6 Å². The Kier molecular flexibility index (Phi) is 8.07. The summed E-state index contributed by atoms with van der Waals surface area (Å²) < 4.78 is 27.7. The zero-order valence-corrected chi connectivity index (χ0v) is 12.5. The Morgan fingerprint density at radius 3 is 2.60 bits per heavy atom. The Bertz CT molecular complexity index is 449. The van der Waals surface area contributed by atoms with Crippen molar-refractivity contribution in [3.05, 3.63) is 29.8 Å². The average molecular weight is 297 g/mol. The van der Waals surface area contributed by atoms with Gasteiger partial charge in [0.15, 0.2) is 11.1 Å². The summed E-state index contributed by atoms with van der Waals surface area (Å²) in [4.78, 5) is 0.673. The van der Waals surface area contributed by atoms with Gasteiger partial charge in [0.1, 0.15) is 6.10 Å². The van der Waals surface area contributed by atoms with Crippen LogP contribution in [0.25, 0.3) is 0 Å². The van der Waals surface area contributed by atoms with Gasteiger partial charge in [0.05, 0.1) is 37.4 Å². The highest BCUT2D eigenvalue weighted by atomic mass is 32.2. The molecule has 0 radical (unpaired) electrons. The predicted molar refractivity (Wildman–Crippen MR) is 75.4 cm³/mol. The summed E-state index contributed by atoms with van der Waals surface area (Å²) in [6.07, 6.45) is -0.113. The molecule has 1 fully saturated rings. The Morgan fingerprint density at radius 1 is 1.40 bits per heavy atom. The fourth-order valence-corrected chi connectivity index (χ4v) is 2.26. The molecule has 110 valence electrons. The summed E-state index contributed by atoms with van der Waals surface area (Å²) in [6, 6.07) is 9.20. The predicted octanol–water partition coefficient (Wildman–Crippen LogP) is 1.98. The van der Waals surface area contributed by atoms with Crippen molar-refractivity contribution in [1.82, 2.24) is 0 Å². The average Bonchev–Trinajstić information content (AvgIpc) is 2.47. The third-order valence-corrected chi connectivity index (χ3v) is 3.47. The second kappa shape index (κ2) is 9.61. The van der Waals surface area contributed by atoms with Crippen molar-refractivity contribution in [1.29, 1.82) is 5.26 Å². The van der Waals surface area contributed by atoms with Crippen molar-refractivity contribution >= 4 is 11.1 Å². The molecule has 0 saturated carbocycles. The molecular weight excluding hydrogens is 278 g/mol. The number of rotatable bonds is 4. The van der Waals surface area contributed by atoms with Crippen molar-refractivity contribution in [2.45, 2.75) is 24.8 Å². The molecule has 6 heteroatoms. The van der Waals surface area contributed by atoms with Gasteiger partial charge < -0.3 is 9.47 Å². The SMILES string of the molecule is CC#N.Cc1ccc(S(=O)OCC2COCCO2)cc1. The van der Waals surface area contributed by atoms with E-state index in [9.17, 15) is 4.21 Å². The van der Waals surface area contributed by atoms with E-state index in [1.54, 1.807) is 6.07 Å². The Hall–Kier alpha value is -1.26. The lowest BCUT2D eigenvalue weighted by Gasteiger charge is -2.22. The molecule has 1 aromatic carbocycles. The van der Waals surface area contributed by atoms with E-state index >= 15 is 0 Å². The van der Waals surface area contributed by atoms with Gasteiger partial charge in [0.25, 0.3) is 0 Å². The summed E-state index contributed by atoms with van der Waals surface area (Å²) in [6.45, 7) is 5.41. The molecule has 0 N–H and O–H groups in total. The molecule has 2 rings (SSSR count). The molecule has 2 atom stereocenters. The van der Waals surface area contributed by atoms with E-state index in [4.69, 9.17) is 18.9 Å². The van der Waals surface area contributed by atoms with Crippen LogP contribution in [0, 0.1) is 18.3 Å². The summed E-state index contributed by atoms with van der Waals surface area (Å²) in [7, 11) is 0. The quantitative estimate of drug-likeness (QED) is 0.850. The van der Waals surface area contributed by atoms with Crippen molar-refractivity contribution in [3.8, 4) is 6.07 Å². The molecule has 1 aliphatic heterocycles. The van der Waals surface area contributed by atoms with Gasteiger partial charge in [-0.1, -0.05) is 17.7 Å². The van der Waals surface area contributed by atoms with Crippen LogP contribution in [0.3, 0.4) is 0 Å². The summed E-state index contributed by atoms with van der Waals surface area (Å²) >= 11 is -1.43. The molecule has 0 aliphatic carbocycles. The molecule has 20 heavy (non-hydrogen) atoms. The highest BCUT2D eigenvalue weighted by molar-refractivity contribution is 7.80. The van der Waals surface area contributed by atoms with E-state index in [-0.39, 0.29) is 6.10 Å². The number of nitriles is 1. The van der Waals surface area contributed by atoms with E-state index < -0.39 is 11.1 Å². The molecule has 5 nitrogen and oxygen atoms in total. The minimum Gasteiger partial charge on any atom is -0.376 e. The van der Waals surface area contributed by atoms with Crippen LogP contribution in [0.5, 0.6) is 0 Å². The minimum atomic E-state index is -1.43. The molecule has 0 spiro atoms. The third kappa shape index (κ3) is 6.26. The van der Waals surface area contributed by atoms with Gasteiger partial charge in [-0.3, -0.25) is 4.18 Å². The van der Waals surface area contributed by atoms with Crippen LogP contribution in [0.1, 0.15) is 12.5 Å². The van der Waals surface area contributed by atoms with Crippen LogP contribution in [-0.2, 0) is 24.7 Å². The number of aryl methyl sites for hydroxylation is 1. The standard InChI is InChI=1S/C12H16O4S.C2H3N/c1-10-2-4-12(5-3-10)17(13)16-9-11-8-14-6-7-15-11;1-2-3/h2-5,11H,6-9H2,1H3;1H3. The van der Waals surface area contributed by atoms with Crippen molar-refractivity contribution in [2.24, 2.45) is 0 Å². The summed E-state index contributed by atoms with van der Waals surface area (Å²) in [5, 5.41) is 7.32. The van der Waals surface area contributed by atoms with Gasteiger partial charge >= 0.3 is 0 Å². The molecule has 1 aliphatic rings. The van der Waals surface area contributed by atoms with Crippen molar-refractivity contribution in [2.75, 3.05) is 26.4 Å². The summed E-state index contributed by atoms with van der Waals surface area (Å²) in [5.74, 6) is 0. The number of benzene rings is 1. The first-order chi connectivity index (χ1) is 9.67. The first-order valence-electron chi connectivity index (χ1n) is 6.29. The van der Waals surface area contributed by atoms with E-state index in [1.807, 2.05) is 31.2 Å². The molecule has 0 bridgehead atoms.